The number of hydrogen-bond acceptors (Lipinski definition) is 5. The molecule has 5 heteroatoms. The lowest BCUT2D eigenvalue weighted by Gasteiger charge is -2.26. The average molecular weight is 251 g/mol. The van der Waals surface area contributed by atoms with Gasteiger partial charge in [-0.25, -0.2) is 0 Å². The van der Waals surface area contributed by atoms with Crippen LogP contribution in [0.2, 0.25) is 0 Å². The SMILES string of the molecule is COc1ccc(N)c(NCC2CCCC(O)C2)n1. The summed E-state index contributed by atoms with van der Waals surface area (Å²) >= 11 is 0. The Bertz CT molecular complexity index is 398. The molecule has 1 aromatic rings. The Labute approximate surface area is 107 Å². The van der Waals surface area contributed by atoms with Crippen LogP contribution in [0.25, 0.3) is 0 Å². The van der Waals surface area contributed by atoms with Gasteiger partial charge in [-0.05, 0) is 31.2 Å². The Morgan fingerprint density at radius 3 is 3.06 bits per heavy atom. The normalized spacial score (nSPS) is 23.7. The number of methoxy groups -OCH3 is 1. The molecule has 1 saturated carbocycles. The molecular formula is C13H21N3O2. The molecule has 1 heterocycles. The number of nitrogens with one attached hydrogen (secondary N) is 1. The molecule has 1 aliphatic carbocycles. The van der Waals surface area contributed by atoms with Gasteiger partial charge in [0.25, 0.3) is 0 Å². The van der Waals surface area contributed by atoms with Crippen LogP contribution >= 0.6 is 0 Å². The van der Waals surface area contributed by atoms with Crippen molar-refractivity contribution in [2.24, 2.45) is 5.92 Å². The Balaban J connectivity index is 1.92. The lowest BCUT2D eigenvalue weighted by molar-refractivity contribution is 0.104. The van der Waals surface area contributed by atoms with E-state index in [2.05, 4.69) is 10.3 Å². The summed E-state index contributed by atoms with van der Waals surface area (Å²) < 4.78 is 5.07. The van der Waals surface area contributed by atoms with Crippen molar-refractivity contribution in [2.45, 2.75) is 31.8 Å². The molecule has 1 fully saturated rings. The zero-order valence-corrected chi connectivity index (χ0v) is 10.7. The van der Waals surface area contributed by atoms with E-state index < -0.39 is 0 Å². The van der Waals surface area contributed by atoms with Crippen molar-refractivity contribution in [2.75, 3.05) is 24.7 Å². The van der Waals surface area contributed by atoms with E-state index >= 15 is 0 Å². The summed E-state index contributed by atoms with van der Waals surface area (Å²) in [7, 11) is 1.58. The van der Waals surface area contributed by atoms with Crippen LogP contribution in [0.3, 0.4) is 0 Å². The minimum Gasteiger partial charge on any atom is -0.481 e. The first-order valence-corrected chi connectivity index (χ1v) is 6.41. The number of aromatic nitrogens is 1. The molecule has 1 aliphatic rings. The minimum absolute atomic E-state index is 0.152. The smallest absolute Gasteiger partial charge is 0.215 e. The maximum atomic E-state index is 9.63. The number of ether oxygens (including phenoxy) is 1. The van der Waals surface area contributed by atoms with Crippen LogP contribution in [-0.2, 0) is 0 Å². The summed E-state index contributed by atoms with van der Waals surface area (Å²) in [5.74, 6) is 1.70. The molecule has 18 heavy (non-hydrogen) atoms. The van der Waals surface area contributed by atoms with Gasteiger partial charge in [-0.15, -0.1) is 0 Å². The quantitative estimate of drug-likeness (QED) is 0.758. The predicted octanol–water partition coefficient (Wildman–Crippen LogP) is 1.64. The first-order valence-electron chi connectivity index (χ1n) is 6.41. The molecule has 0 aromatic carbocycles. The Morgan fingerprint density at radius 2 is 2.33 bits per heavy atom. The van der Waals surface area contributed by atoms with Crippen LogP contribution in [0.15, 0.2) is 12.1 Å². The van der Waals surface area contributed by atoms with Gasteiger partial charge in [-0.1, -0.05) is 6.42 Å². The predicted molar refractivity (Wildman–Crippen MR) is 71.7 cm³/mol. The van der Waals surface area contributed by atoms with Gasteiger partial charge in [0.05, 0.1) is 18.9 Å². The number of nitrogens with two attached hydrogens (primary N) is 1. The van der Waals surface area contributed by atoms with Gasteiger partial charge in [0, 0.05) is 12.6 Å². The fourth-order valence-electron chi connectivity index (χ4n) is 2.40. The van der Waals surface area contributed by atoms with Crippen LogP contribution in [0, 0.1) is 5.92 Å². The van der Waals surface area contributed by atoms with Gasteiger partial charge in [-0.3, -0.25) is 0 Å². The molecule has 5 nitrogen and oxygen atoms in total. The van der Waals surface area contributed by atoms with Crippen molar-refractivity contribution in [3.8, 4) is 5.88 Å². The number of anilines is 2. The summed E-state index contributed by atoms with van der Waals surface area (Å²) in [4.78, 5) is 4.27. The first kappa shape index (κ1) is 13.0. The third kappa shape index (κ3) is 3.26. The topological polar surface area (TPSA) is 80.4 Å². The second kappa shape index (κ2) is 5.91. The highest BCUT2D eigenvalue weighted by molar-refractivity contribution is 5.61. The van der Waals surface area contributed by atoms with Crippen LogP contribution in [0.4, 0.5) is 11.5 Å². The largest absolute Gasteiger partial charge is 0.481 e. The summed E-state index contributed by atoms with van der Waals surface area (Å²) in [6.45, 7) is 0.793. The highest BCUT2D eigenvalue weighted by atomic mass is 16.5. The van der Waals surface area contributed by atoms with Crippen LogP contribution in [-0.4, -0.2) is 29.8 Å². The molecule has 0 aliphatic heterocycles. The van der Waals surface area contributed by atoms with Crippen LogP contribution < -0.4 is 15.8 Å². The van der Waals surface area contributed by atoms with E-state index in [1.807, 2.05) is 0 Å². The number of nitrogens with zero attached hydrogens (tertiary/aromatic N) is 1. The van der Waals surface area contributed by atoms with Gasteiger partial charge in [-0.2, -0.15) is 4.98 Å². The standard InChI is InChI=1S/C13H21N3O2/c1-18-12-6-5-11(14)13(16-12)15-8-9-3-2-4-10(17)7-9/h5-6,9-10,17H,2-4,7-8,14H2,1H3,(H,15,16). The molecule has 2 atom stereocenters. The monoisotopic (exact) mass is 251 g/mol. The second-order valence-electron chi connectivity index (χ2n) is 4.86. The summed E-state index contributed by atoms with van der Waals surface area (Å²) in [5.41, 5.74) is 6.47. The Hall–Kier alpha value is -1.49. The summed E-state index contributed by atoms with van der Waals surface area (Å²) in [5, 5.41) is 12.9. The van der Waals surface area contributed by atoms with Gasteiger partial charge >= 0.3 is 0 Å². The number of hydrogen-bond donors (Lipinski definition) is 3. The van der Waals surface area contributed by atoms with E-state index in [1.165, 1.54) is 0 Å². The van der Waals surface area contributed by atoms with Crippen LogP contribution in [0.1, 0.15) is 25.7 Å². The minimum atomic E-state index is -0.152. The van der Waals surface area contributed by atoms with Crippen molar-refractivity contribution in [1.29, 1.82) is 0 Å². The van der Waals surface area contributed by atoms with Crippen molar-refractivity contribution < 1.29 is 9.84 Å². The van der Waals surface area contributed by atoms with E-state index in [-0.39, 0.29) is 6.10 Å². The van der Waals surface area contributed by atoms with E-state index in [0.29, 0.717) is 23.3 Å². The van der Waals surface area contributed by atoms with Crippen molar-refractivity contribution in [1.82, 2.24) is 4.98 Å². The molecular weight excluding hydrogens is 230 g/mol. The summed E-state index contributed by atoms with van der Waals surface area (Å²) in [6.07, 6.45) is 3.87. The lowest BCUT2D eigenvalue weighted by Crippen LogP contribution is -2.25. The molecule has 100 valence electrons. The van der Waals surface area contributed by atoms with Gasteiger partial charge in [0.2, 0.25) is 5.88 Å². The zero-order chi connectivity index (χ0) is 13.0. The number of aliphatic hydroxyl groups is 1. The zero-order valence-electron chi connectivity index (χ0n) is 10.7. The average Bonchev–Trinajstić information content (AvgIpc) is 2.38. The Morgan fingerprint density at radius 1 is 1.50 bits per heavy atom. The van der Waals surface area contributed by atoms with E-state index in [4.69, 9.17) is 10.5 Å². The molecule has 0 saturated heterocycles. The van der Waals surface area contributed by atoms with Crippen LogP contribution in [0.5, 0.6) is 5.88 Å². The molecule has 0 amide bonds. The molecule has 0 spiro atoms. The molecule has 4 N–H and O–H groups in total. The van der Waals surface area contributed by atoms with E-state index in [1.54, 1.807) is 19.2 Å². The Kier molecular flexibility index (Phi) is 4.25. The van der Waals surface area contributed by atoms with Gasteiger partial charge < -0.3 is 20.9 Å². The molecule has 2 unspecified atom stereocenters. The number of rotatable bonds is 4. The van der Waals surface area contributed by atoms with E-state index in [0.717, 1.165) is 32.2 Å². The van der Waals surface area contributed by atoms with Crippen molar-refractivity contribution in [3.63, 3.8) is 0 Å². The van der Waals surface area contributed by atoms with Gasteiger partial charge in [0.1, 0.15) is 0 Å². The third-order valence-corrected chi connectivity index (χ3v) is 3.42. The lowest BCUT2D eigenvalue weighted by atomic mass is 9.87. The first-order chi connectivity index (χ1) is 8.69. The fourth-order valence-corrected chi connectivity index (χ4v) is 2.40. The fraction of sp³-hybridized carbons (Fsp3) is 0.615. The highest BCUT2D eigenvalue weighted by Gasteiger charge is 2.20. The van der Waals surface area contributed by atoms with Gasteiger partial charge in [0.15, 0.2) is 5.82 Å². The van der Waals surface area contributed by atoms with Crippen molar-refractivity contribution in [3.05, 3.63) is 12.1 Å². The molecule has 0 radical (unpaired) electrons. The third-order valence-electron chi connectivity index (χ3n) is 3.42. The van der Waals surface area contributed by atoms with E-state index in [9.17, 15) is 5.11 Å². The van der Waals surface area contributed by atoms with Crippen molar-refractivity contribution >= 4 is 11.5 Å². The molecule has 2 rings (SSSR count). The number of pyridine rings is 1. The highest BCUT2D eigenvalue weighted by Crippen LogP contribution is 2.26. The maximum Gasteiger partial charge on any atom is 0.215 e. The summed E-state index contributed by atoms with van der Waals surface area (Å²) in [6, 6.07) is 3.52. The molecule has 1 aromatic heterocycles. The maximum absolute atomic E-state index is 9.63. The second-order valence-corrected chi connectivity index (χ2v) is 4.86. The molecule has 0 bridgehead atoms. The number of aliphatic hydroxyl groups excluding tert-OH is 1. The number of nitrogen functional groups attached to an aromatic ring is 1.